The molecule has 0 saturated carbocycles. The van der Waals surface area contributed by atoms with E-state index in [-0.39, 0.29) is 5.91 Å². The van der Waals surface area contributed by atoms with Crippen molar-refractivity contribution < 1.29 is 14.3 Å². The third kappa shape index (κ3) is 5.03. The molecule has 148 valence electrons. The van der Waals surface area contributed by atoms with Gasteiger partial charge in [0.05, 0.1) is 0 Å². The average Bonchev–Trinajstić information content (AvgIpc) is 2.66. The summed E-state index contributed by atoms with van der Waals surface area (Å²) in [5.74, 6) is -0.341. The second-order valence-electron chi connectivity index (χ2n) is 6.19. The quantitative estimate of drug-likeness (QED) is 0.400. The van der Waals surface area contributed by atoms with E-state index in [9.17, 15) is 9.59 Å². The van der Waals surface area contributed by atoms with Crippen molar-refractivity contribution in [1.82, 2.24) is 5.32 Å². The molecular formula is C19H16Cl4N2O3. The lowest BCUT2D eigenvalue weighted by Gasteiger charge is -2.44. The fourth-order valence-corrected chi connectivity index (χ4v) is 3.40. The van der Waals surface area contributed by atoms with Crippen LogP contribution in [-0.2, 0) is 16.0 Å². The number of nitrogens with zero attached hydrogens (tertiary/aromatic N) is 1. The predicted molar refractivity (Wildman–Crippen MR) is 111 cm³/mol. The SMILES string of the molecule is O=C(N[C@H]1C(=O)N(c2ccccc2Cc2ccccc2)[C@@H]1Cl)OCC(Cl)(Cl)Cl. The van der Waals surface area contributed by atoms with Gasteiger partial charge in [0, 0.05) is 5.69 Å². The van der Waals surface area contributed by atoms with Crippen molar-refractivity contribution in [2.75, 3.05) is 11.5 Å². The number of halogens is 4. The molecule has 2 amide bonds. The topological polar surface area (TPSA) is 58.6 Å². The number of nitrogens with one attached hydrogen (secondary N) is 1. The van der Waals surface area contributed by atoms with Crippen LogP contribution in [0.2, 0.25) is 0 Å². The first-order valence-corrected chi connectivity index (χ1v) is 9.92. The molecule has 0 bridgehead atoms. The molecule has 0 unspecified atom stereocenters. The second-order valence-corrected chi connectivity index (χ2v) is 9.15. The van der Waals surface area contributed by atoms with E-state index in [1.54, 1.807) is 0 Å². The second kappa shape index (κ2) is 8.78. The molecule has 5 nitrogen and oxygen atoms in total. The summed E-state index contributed by atoms with van der Waals surface area (Å²) in [6.45, 7) is -0.443. The van der Waals surface area contributed by atoms with Gasteiger partial charge in [-0.3, -0.25) is 9.69 Å². The minimum Gasteiger partial charge on any atom is -0.445 e. The molecule has 0 radical (unpaired) electrons. The minimum atomic E-state index is -1.73. The number of anilines is 1. The number of benzene rings is 2. The van der Waals surface area contributed by atoms with Crippen LogP contribution in [0.1, 0.15) is 11.1 Å². The van der Waals surface area contributed by atoms with E-state index in [0.717, 1.165) is 11.1 Å². The summed E-state index contributed by atoms with van der Waals surface area (Å²) >= 11 is 23.0. The van der Waals surface area contributed by atoms with Gasteiger partial charge in [-0.15, -0.1) is 0 Å². The maximum Gasteiger partial charge on any atom is 0.408 e. The first-order valence-electron chi connectivity index (χ1n) is 8.35. The van der Waals surface area contributed by atoms with E-state index in [2.05, 4.69) is 5.32 Å². The molecule has 0 spiro atoms. The number of hydrogen-bond acceptors (Lipinski definition) is 3. The Morgan fingerprint density at radius 1 is 1.07 bits per heavy atom. The van der Waals surface area contributed by atoms with E-state index in [1.807, 2.05) is 54.6 Å². The number of rotatable bonds is 5. The highest BCUT2D eigenvalue weighted by Gasteiger charge is 2.49. The number of carbonyl (C=O) groups excluding carboxylic acids is 2. The first kappa shape index (κ1) is 21.1. The summed E-state index contributed by atoms with van der Waals surface area (Å²) in [5.41, 5.74) is 2.00. The number of alkyl carbamates (subject to hydrolysis) is 1. The molecule has 0 aliphatic carbocycles. The standard InChI is InChI=1S/C19H16Cl4N2O3/c20-16-15(24-18(27)28-11-19(21,22)23)17(26)25(16)14-9-5-4-8-13(14)10-12-6-2-1-3-7-12/h1-9,15-16H,10-11H2,(H,24,27)/t15-,16+/m1/s1. The van der Waals surface area contributed by atoms with Crippen molar-refractivity contribution in [2.45, 2.75) is 21.8 Å². The predicted octanol–water partition coefficient (Wildman–Crippen LogP) is 4.65. The van der Waals surface area contributed by atoms with E-state index in [4.69, 9.17) is 51.1 Å². The highest BCUT2D eigenvalue weighted by molar-refractivity contribution is 6.67. The molecule has 1 saturated heterocycles. The molecule has 1 aliphatic heterocycles. The summed E-state index contributed by atoms with van der Waals surface area (Å²) in [6.07, 6.45) is -0.235. The van der Waals surface area contributed by atoms with Gasteiger partial charge < -0.3 is 10.1 Å². The van der Waals surface area contributed by atoms with Crippen molar-refractivity contribution in [2.24, 2.45) is 0 Å². The number of amides is 2. The van der Waals surface area contributed by atoms with Crippen molar-refractivity contribution in [3.05, 3.63) is 65.7 Å². The van der Waals surface area contributed by atoms with Crippen LogP contribution in [0.25, 0.3) is 0 Å². The van der Waals surface area contributed by atoms with Crippen molar-refractivity contribution in [3.63, 3.8) is 0 Å². The van der Waals surface area contributed by atoms with E-state index >= 15 is 0 Å². The Morgan fingerprint density at radius 3 is 2.36 bits per heavy atom. The van der Waals surface area contributed by atoms with Crippen LogP contribution in [0.4, 0.5) is 10.5 Å². The Balaban J connectivity index is 1.68. The van der Waals surface area contributed by atoms with E-state index < -0.39 is 28.0 Å². The Hall–Kier alpha value is -1.66. The highest BCUT2D eigenvalue weighted by atomic mass is 35.6. The van der Waals surface area contributed by atoms with Gasteiger partial charge in [0.1, 0.15) is 18.1 Å². The molecule has 1 heterocycles. The number of hydrogen-bond donors (Lipinski definition) is 1. The Morgan fingerprint density at radius 2 is 1.71 bits per heavy atom. The largest absolute Gasteiger partial charge is 0.445 e. The summed E-state index contributed by atoms with van der Waals surface area (Å²) in [7, 11) is 0. The average molecular weight is 462 g/mol. The lowest BCUT2D eigenvalue weighted by Crippen LogP contribution is -2.69. The fraction of sp³-hybridized carbons (Fsp3) is 0.263. The minimum absolute atomic E-state index is 0.341. The normalized spacial score (nSPS) is 19.1. The smallest absolute Gasteiger partial charge is 0.408 e. The molecule has 3 rings (SSSR count). The molecule has 2 aromatic rings. The van der Waals surface area contributed by atoms with Gasteiger partial charge in [0.2, 0.25) is 3.79 Å². The van der Waals surface area contributed by atoms with Gasteiger partial charge in [-0.05, 0) is 23.6 Å². The molecule has 1 aliphatic rings. The van der Waals surface area contributed by atoms with Gasteiger partial charge in [-0.1, -0.05) is 94.9 Å². The molecule has 9 heteroatoms. The van der Waals surface area contributed by atoms with Crippen LogP contribution >= 0.6 is 46.4 Å². The summed E-state index contributed by atoms with van der Waals surface area (Å²) in [4.78, 5) is 25.8. The number of alkyl halides is 4. The number of carbonyl (C=O) groups is 2. The van der Waals surface area contributed by atoms with Crippen molar-refractivity contribution in [3.8, 4) is 0 Å². The van der Waals surface area contributed by atoms with Crippen molar-refractivity contribution >= 4 is 64.1 Å². The van der Waals surface area contributed by atoms with E-state index in [0.29, 0.717) is 12.1 Å². The van der Waals surface area contributed by atoms with Gasteiger partial charge in [-0.2, -0.15) is 0 Å². The zero-order valence-electron chi connectivity index (χ0n) is 14.4. The molecule has 1 N–H and O–H groups in total. The summed E-state index contributed by atoms with van der Waals surface area (Å²) < 4.78 is 3.05. The van der Waals surface area contributed by atoms with Crippen LogP contribution in [0.5, 0.6) is 0 Å². The third-order valence-corrected chi connectivity index (χ3v) is 4.93. The number of ether oxygens (including phenoxy) is 1. The van der Waals surface area contributed by atoms with Crippen LogP contribution in [0, 0.1) is 0 Å². The first-order chi connectivity index (χ1) is 13.3. The summed E-state index contributed by atoms with van der Waals surface area (Å²) in [5, 5.41) is 2.40. The number of β-lactam (4-membered cyclic amide) rings is 1. The van der Waals surface area contributed by atoms with Crippen LogP contribution in [-0.4, -0.2) is 33.9 Å². The zero-order chi connectivity index (χ0) is 20.3. The van der Waals surface area contributed by atoms with Crippen LogP contribution in [0.15, 0.2) is 54.6 Å². The van der Waals surface area contributed by atoms with E-state index in [1.165, 1.54) is 4.90 Å². The van der Waals surface area contributed by atoms with Gasteiger partial charge in [0.15, 0.2) is 0 Å². The third-order valence-electron chi connectivity index (χ3n) is 4.15. The monoisotopic (exact) mass is 460 g/mol. The van der Waals surface area contributed by atoms with Gasteiger partial charge >= 0.3 is 6.09 Å². The van der Waals surface area contributed by atoms with Crippen LogP contribution < -0.4 is 10.2 Å². The maximum atomic E-state index is 12.6. The fourth-order valence-electron chi connectivity index (χ4n) is 2.87. The molecule has 28 heavy (non-hydrogen) atoms. The molecule has 1 fully saturated rings. The highest BCUT2D eigenvalue weighted by Crippen LogP contribution is 2.34. The maximum absolute atomic E-state index is 12.6. The zero-order valence-corrected chi connectivity index (χ0v) is 17.5. The van der Waals surface area contributed by atoms with Crippen molar-refractivity contribution in [1.29, 1.82) is 0 Å². The van der Waals surface area contributed by atoms with Gasteiger partial charge in [0.25, 0.3) is 5.91 Å². The summed E-state index contributed by atoms with van der Waals surface area (Å²) in [6, 6.07) is 16.5. The Bertz CT molecular complexity index is 858. The molecule has 2 atom stereocenters. The lowest BCUT2D eigenvalue weighted by molar-refractivity contribution is -0.125. The molecule has 0 aromatic heterocycles. The number of para-hydroxylation sites is 1. The molecule has 2 aromatic carbocycles. The Kier molecular flexibility index (Phi) is 6.61. The van der Waals surface area contributed by atoms with Crippen LogP contribution in [0.3, 0.4) is 0 Å². The molecular weight excluding hydrogens is 446 g/mol. The Labute approximate surface area is 182 Å². The van der Waals surface area contributed by atoms with Gasteiger partial charge in [-0.25, -0.2) is 4.79 Å². The lowest BCUT2D eigenvalue weighted by atomic mass is 9.99.